The lowest BCUT2D eigenvalue weighted by Crippen LogP contribution is -1.96. The van der Waals surface area contributed by atoms with Crippen molar-refractivity contribution in [3.63, 3.8) is 0 Å². The molecule has 0 radical (unpaired) electrons. The van der Waals surface area contributed by atoms with E-state index in [9.17, 15) is 0 Å². The van der Waals surface area contributed by atoms with Crippen LogP contribution in [0.2, 0.25) is 5.02 Å². The van der Waals surface area contributed by atoms with Crippen LogP contribution in [0, 0.1) is 0 Å². The first-order chi connectivity index (χ1) is 8.52. The Bertz CT molecular complexity index is 564. The van der Waals surface area contributed by atoms with Crippen molar-refractivity contribution in [2.45, 2.75) is 19.8 Å². The highest BCUT2D eigenvalue weighted by atomic mass is 35.5. The zero-order chi connectivity index (χ0) is 13.3. The van der Waals surface area contributed by atoms with Crippen LogP contribution in [0.5, 0.6) is 5.75 Å². The third-order valence-corrected chi connectivity index (χ3v) is 3.03. The number of ether oxygens (including phenoxy) is 1. The van der Waals surface area contributed by atoms with Crippen molar-refractivity contribution in [1.82, 2.24) is 5.16 Å². The smallest absolute Gasteiger partial charge is 0.222 e. The number of halogens is 1. The summed E-state index contributed by atoms with van der Waals surface area (Å²) >= 11 is 6.30. The molecular formula is C13H15ClN2O2. The summed E-state index contributed by atoms with van der Waals surface area (Å²) in [5.74, 6) is 1.30. The van der Waals surface area contributed by atoms with E-state index < -0.39 is 0 Å². The van der Waals surface area contributed by atoms with E-state index in [0.29, 0.717) is 10.7 Å². The number of nitrogens with two attached hydrogens (primary N) is 1. The molecule has 96 valence electrons. The van der Waals surface area contributed by atoms with Crippen molar-refractivity contribution in [2.75, 3.05) is 12.8 Å². The molecule has 0 atom stereocenters. The maximum absolute atomic E-state index is 6.30. The van der Waals surface area contributed by atoms with E-state index in [1.165, 1.54) is 0 Å². The maximum Gasteiger partial charge on any atom is 0.222 e. The normalized spacial score (nSPS) is 10.9. The molecule has 0 bridgehead atoms. The molecule has 18 heavy (non-hydrogen) atoms. The molecule has 1 aromatic heterocycles. The van der Waals surface area contributed by atoms with Gasteiger partial charge >= 0.3 is 0 Å². The van der Waals surface area contributed by atoms with Crippen molar-refractivity contribution in [3.8, 4) is 17.0 Å². The maximum atomic E-state index is 6.30. The number of rotatable bonds is 3. The molecule has 0 aliphatic rings. The van der Waals surface area contributed by atoms with Gasteiger partial charge in [0.2, 0.25) is 5.88 Å². The fourth-order valence-electron chi connectivity index (χ4n) is 1.90. The second-order valence-electron chi connectivity index (χ2n) is 4.34. The molecule has 2 aromatic rings. The molecule has 5 heteroatoms. The second kappa shape index (κ2) is 4.90. The van der Waals surface area contributed by atoms with Crippen LogP contribution in [0.3, 0.4) is 0 Å². The van der Waals surface area contributed by atoms with E-state index in [0.717, 1.165) is 16.9 Å². The number of aromatic nitrogens is 1. The molecule has 2 N–H and O–H groups in total. The largest absolute Gasteiger partial charge is 0.496 e. The number of nitrogen functional groups attached to an aromatic ring is 1. The first-order valence-electron chi connectivity index (χ1n) is 5.63. The van der Waals surface area contributed by atoms with Gasteiger partial charge < -0.3 is 15.0 Å². The summed E-state index contributed by atoms with van der Waals surface area (Å²) in [6, 6.07) is 5.38. The van der Waals surface area contributed by atoms with Gasteiger partial charge in [0, 0.05) is 22.2 Å². The Labute approximate surface area is 111 Å². The highest BCUT2D eigenvalue weighted by Gasteiger charge is 2.15. The number of anilines is 1. The minimum absolute atomic E-state index is 0.271. The molecule has 0 saturated carbocycles. The Hall–Kier alpha value is -1.68. The zero-order valence-corrected chi connectivity index (χ0v) is 11.3. The van der Waals surface area contributed by atoms with E-state index in [1.807, 2.05) is 12.1 Å². The summed E-state index contributed by atoms with van der Waals surface area (Å²) in [5.41, 5.74) is 7.96. The van der Waals surface area contributed by atoms with Crippen molar-refractivity contribution in [2.24, 2.45) is 0 Å². The fourth-order valence-corrected chi connectivity index (χ4v) is 2.32. The molecule has 0 amide bonds. The van der Waals surface area contributed by atoms with Crippen LogP contribution in [0.4, 0.5) is 5.88 Å². The third kappa shape index (κ3) is 2.29. The lowest BCUT2D eigenvalue weighted by molar-refractivity contribution is 0.407. The van der Waals surface area contributed by atoms with Crippen LogP contribution >= 0.6 is 11.6 Å². The van der Waals surface area contributed by atoms with E-state index in [4.69, 9.17) is 26.6 Å². The Morgan fingerprint density at radius 2 is 2.06 bits per heavy atom. The highest BCUT2D eigenvalue weighted by Crippen LogP contribution is 2.37. The lowest BCUT2D eigenvalue weighted by Gasteiger charge is -2.14. The van der Waals surface area contributed by atoms with Gasteiger partial charge in [0.05, 0.1) is 7.11 Å². The van der Waals surface area contributed by atoms with Gasteiger partial charge in [-0.3, -0.25) is 0 Å². The van der Waals surface area contributed by atoms with Gasteiger partial charge in [0.25, 0.3) is 0 Å². The van der Waals surface area contributed by atoms with Gasteiger partial charge in [0.15, 0.2) is 0 Å². The molecule has 1 heterocycles. The Balaban J connectivity index is 2.55. The van der Waals surface area contributed by atoms with Gasteiger partial charge in [-0.1, -0.05) is 30.6 Å². The molecule has 0 fully saturated rings. The molecule has 0 aliphatic heterocycles. The average Bonchev–Trinajstić information content (AvgIpc) is 2.74. The molecule has 1 aromatic carbocycles. The van der Waals surface area contributed by atoms with E-state index in [-0.39, 0.29) is 11.8 Å². The molecule has 0 aliphatic carbocycles. The summed E-state index contributed by atoms with van der Waals surface area (Å²) in [6.45, 7) is 4.13. The predicted molar refractivity (Wildman–Crippen MR) is 72.0 cm³/mol. The standard InChI is InChI=1S/C13H15ClN2O2/c1-7(2)13-9(14)4-8(5-11(13)17-3)10-6-12(15)18-16-10/h4-7H,15H2,1-3H3. The number of benzene rings is 1. The summed E-state index contributed by atoms with van der Waals surface area (Å²) < 4.78 is 10.2. The quantitative estimate of drug-likeness (QED) is 0.920. The Morgan fingerprint density at radius 1 is 1.33 bits per heavy atom. The van der Waals surface area contributed by atoms with E-state index in [2.05, 4.69) is 19.0 Å². The number of hydrogen-bond acceptors (Lipinski definition) is 4. The van der Waals surface area contributed by atoms with Crippen LogP contribution < -0.4 is 10.5 Å². The predicted octanol–water partition coefficient (Wildman–Crippen LogP) is 3.71. The monoisotopic (exact) mass is 266 g/mol. The molecule has 2 rings (SSSR count). The number of methoxy groups -OCH3 is 1. The van der Waals surface area contributed by atoms with E-state index in [1.54, 1.807) is 13.2 Å². The minimum Gasteiger partial charge on any atom is -0.496 e. The van der Waals surface area contributed by atoms with Gasteiger partial charge in [-0.15, -0.1) is 0 Å². The summed E-state index contributed by atoms with van der Waals surface area (Å²) in [7, 11) is 1.62. The zero-order valence-electron chi connectivity index (χ0n) is 10.5. The van der Waals surface area contributed by atoms with Gasteiger partial charge in [-0.2, -0.15) is 0 Å². The molecule has 4 nitrogen and oxygen atoms in total. The van der Waals surface area contributed by atoms with Gasteiger partial charge in [0.1, 0.15) is 11.4 Å². The number of nitrogens with zero attached hydrogens (tertiary/aromatic N) is 1. The molecule has 0 unspecified atom stereocenters. The van der Waals surface area contributed by atoms with Crippen molar-refractivity contribution < 1.29 is 9.26 Å². The molecule has 0 spiro atoms. The van der Waals surface area contributed by atoms with E-state index >= 15 is 0 Å². The van der Waals surface area contributed by atoms with Crippen molar-refractivity contribution in [3.05, 3.63) is 28.8 Å². The summed E-state index contributed by atoms with van der Waals surface area (Å²) in [4.78, 5) is 0. The summed E-state index contributed by atoms with van der Waals surface area (Å²) in [6.07, 6.45) is 0. The van der Waals surface area contributed by atoms with Crippen LogP contribution in [0.25, 0.3) is 11.3 Å². The lowest BCUT2D eigenvalue weighted by atomic mass is 9.99. The van der Waals surface area contributed by atoms with Gasteiger partial charge in [-0.25, -0.2) is 0 Å². The minimum atomic E-state index is 0.271. The second-order valence-corrected chi connectivity index (χ2v) is 4.75. The first kappa shape index (κ1) is 12.8. The van der Waals surface area contributed by atoms with Crippen molar-refractivity contribution >= 4 is 17.5 Å². The van der Waals surface area contributed by atoms with Crippen LogP contribution in [-0.4, -0.2) is 12.3 Å². The number of hydrogen-bond donors (Lipinski definition) is 1. The van der Waals surface area contributed by atoms with Crippen LogP contribution in [0.1, 0.15) is 25.3 Å². The highest BCUT2D eigenvalue weighted by molar-refractivity contribution is 6.32. The fraction of sp³-hybridized carbons (Fsp3) is 0.308. The molecular weight excluding hydrogens is 252 g/mol. The topological polar surface area (TPSA) is 61.3 Å². The summed E-state index contributed by atoms with van der Waals surface area (Å²) in [5, 5.41) is 4.52. The molecule has 0 saturated heterocycles. The van der Waals surface area contributed by atoms with Gasteiger partial charge in [-0.05, 0) is 18.1 Å². The average molecular weight is 267 g/mol. The first-order valence-corrected chi connectivity index (χ1v) is 6.00. The SMILES string of the molecule is COc1cc(-c2cc(N)on2)cc(Cl)c1C(C)C. The Morgan fingerprint density at radius 3 is 2.56 bits per heavy atom. The van der Waals surface area contributed by atoms with Crippen molar-refractivity contribution in [1.29, 1.82) is 0 Å². The Kier molecular flexibility index (Phi) is 3.48. The van der Waals surface area contributed by atoms with Crippen LogP contribution in [0.15, 0.2) is 22.7 Å². The van der Waals surface area contributed by atoms with Crippen LogP contribution in [-0.2, 0) is 0 Å². The third-order valence-electron chi connectivity index (χ3n) is 2.71.